The Morgan fingerprint density at radius 3 is 2.68 bits per heavy atom. The first-order chi connectivity index (χ1) is 9.25. The molecular formula is C13H11N3O2S. The Bertz CT molecular complexity index is 818. The summed E-state index contributed by atoms with van der Waals surface area (Å²) in [5.41, 5.74) is 0.0662. The average molecular weight is 273 g/mol. The number of aromatic nitrogens is 2. The summed E-state index contributed by atoms with van der Waals surface area (Å²) in [5.74, 6) is 0. The fourth-order valence-electron chi connectivity index (χ4n) is 1.97. The molecule has 0 bridgehead atoms. The fraction of sp³-hybridized carbons (Fsp3) is 0.0769. The zero-order valence-corrected chi connectivity index (χ0v) is 10.7. The lowest BCUT2D eigenvalue weighted by molar-refractivity contribution is 0.976. The first-order valence-corrected chi connectivity index (χ1v) is 6.63. The van der Waals surface area contributed by atoms with E-state index in [2.05, 4.69) is 15.5 Å². The number of anilines is 1. The van der Waals surface area contributed by atoms with Crippen LogP contribution in [-0.2, 0) is 6.54 Å². The van der Waals surface area contributed by atoms with Gasteiger partial charge in [-0.3, -0.25) is 19.8 Å². The third-order valence-electron chi connectivity index (χ3n) is 2.86. The van der Waals surface area contributed by atoms with Crippen LogP contribution < -0.4 is 16.4 Å². The van der Waals surface area contributed by atoms with Crippen LogP contribution in [0.2, 0.25) is 0 Å². The predicted molar refractivity (Wildman–Crippen MR) is 76.8 cm³/mol. The van der Waals surface area contributed by atoms with E-state index in [9.17, 15) is 9.59 Å². The van der Waals surface area contributed by atoms with E-state index in [-0.39, 0.29) is 11.1 Å². The van der Waals surface area contributed by atoms with Gasteiger partial charge in [0.05, 0.1) is 10.8 Å². The summed E-state index contributed by atoms with van der Waals surface area (Å²) >= 11 is 1.64. The average Bonchev–Trinajstić information content (AvgIpc) is 2.94. The first-order valence-electron chi connectivity index (χ1n) is 5.75. The second-order valence-electron chi connectivity index (χ2n) is 4.07. The maximum Gasteiger partial charge on any atom is 0.272 e. The van der Waals surface area contributed by atoms with E-state index < -0.39 is 0 Å². The Kier molecular flexibility index (Phi) is 2.92. The van der Waals surface area contributed by atoms with Gasteiger partial charge in [-0.25, -0.2) is 0 Å². The van der Waals surface area contributed by atoms with Gasteiger partial charge in [0, 0.05) is 17.1 Å². The smallest absolute Gasteiger partial charge is 0.272 e. The highest BCUT2D eigenvalue weighted by atomic mass is 32.1. The highest BCUT2D eigenvalue weighted by Crippen LogP contribution is 2.18. The summed E-state index contributed by atoms with van der Waals surface area (Å²) in [6, 6.07) is 9.18. The molecule has 2 heterocycles. The normalized spacial score (nSPS) is 10.7. The van der Waals surface area contributed by atoms with E-state index >= 15 is 0 Å². The number of fused-ring (bicyclic) bond motifs is 1. The van der Waals surface area contributed by atoms with Crippen LogP contribution in [0.5, 0.6) is 0 Å². The van der Waals surface area contributed by atoms with Crippen molar-refractivity contribution >= 4 is 27.8 Å². The maximum absolute atomic E-state index is 11.8. The van der Waals surface area contributed by atoms with E-state index in [1.165, 1.54) is 4.88 Å². The lowest BCUT2D eigenvalue weighted by Gasteiger charge is -2.07. The van der Waals surface area contributed by atoms with Gasteiger partial charge in [-0.1, -0.05) is 12.1 Å². The monoisotopic (exact) mass is 273 g/mol. The molecule has 0 atom stereocenters. The van der Waals surface area contributed by atoms with Gasteiger partial charge < -0.3 is 5.32 Å². The molecule has 3 rings (SSSR count). The van der Waals surface area contributed by atoms with Crippen molar-refractivity contribution in [1.29, 1.82) is 0 Å². The van der Waals surface area contributed by atoms with Crippen molar-refractivity contribution < 1.29 is 0 Å². The van der Waals surface area contributed by atoms with Gasteiger partial charge in [0.25, 0.3) is 11.1 Å². The fourth-order valence-corrected chi connectivity index (χ4v) is 2.62. The molecule has 0 aliphatic heterocycles. The second kappa shape index (κ2) is 4.74. The summed E-state index contributed by atoms with van der Waals surface area (Å²) in [6.45, 7) is 0.628. The van der Waals surface area contributed by atoms with Gasteiger partial charge in [0.1, 0.15) is 0 Å². The van der Waals surface area contributed by atoms with Crippen LogP contribution in [0, 0.1) is 0 Å². The number of hydrogen-bond donors (Lipinski definition) is 3. The molecule has 3 aromatic rings. The number of thiophene rings is 1. The number of nitrogens with one attached hydrogen (secondary N) is 3. The first kappa shape index (κ1) is 11.7. The van der Waals surface area contributed by atoms with Gasteiger partial charge in [-0.2, -0.15) is 0 Å². The van der Waals surface area contributed by atoms with Crippen LogP contribution >= 0.6 is 11.3 Å². The zero-order valence-electron chi connectivity index (χ0n) is 9.90. The largest absolute Gasteiger partial charge is 0.379 e. The van der Waals surface area contributed by atoms with E-state index in [4.69, 9.17) is 0 Å². The standard InChI is InChI=1S/C13H11N3O2S/c17-12-9-4-1-5-10(11(9)13(18)16-15-12)14-7-8-3-2-6-19-8/h1-6,14H,7H2,(H,15,17)(H,16,18). The molecule has 1 aromatic carbocycles. The molecule has 0 radical (unpaired) electrons. The van der Waals surface area contributed by atoms with Crippen molar-refractivity contribution in [1.82, 2.24) is 10.2 Å². The number of benzene rings is 1. The third kappa shape index (κ3) is 2.17. The Morgan fingerprint density at radius 2 is 1.89 bits per heavy atom. The van der Waals surface area contributed by atoms with Crippen LogP contribution in [0.25, 0.3) is 10.8 Å². The lowest BCUT2D eigenvalue weighted by atomic mass is 10.1. The minimum atomic E-state index is -0.302. The van der Waals surface area contributed by atoms with E-state index in [0.29, 0.717) is 23.0 Å². The van der Waals surface area contributed by atoms with Crippen molar-refractivity contribution in [3.05, 3.63) is 61.3 Å². The summed E-state index contributed by atoms with van der Waals surface area (Å²) in [5, 5.41) is 10.6. The van der Waals surface area contributed by atoms with Gasteiger partial charge in [-0.15, -0.1) is 11.3 Å². The molecule has 0 aliphatic carbocycles. The van der Waals surface area contributed by atoms with Gasteiger partial charge >= 0.3 is 0 Å². The molecule has 0 fully saturated rings. The third-order valence-corrected chi connectivity index (χ3v) is 3.74. The van der Waals surface area contributed by atoms with Crippen LogP contribution in [0.15, 0.2) is 45.3 Å². The molecule has 0 aliphatic rings. The van der Waals surface area contributed by atoms with Crippen LogP contribution in [0.3, 0.4) is 0 Å². The number of aromatic amines is 2. The van der Waals surface area contributed by atoms with Crippen molar-refractivity contribution in [2.24, 2.45) is 0 Å². The van der Waals surface area contributed by atoms with E-state index in [1.807, 2.05) is 17.5 Å². The Labute approximate surface area is 111 Å². The van der Waals surface area contributed by atoms with Crippen molar-refractivity contribution in [2.45, 2.75) is 6.54 Å². The minimum Gasteiger partial charge on any atom is -0.379 e. The molecule has 3 N–H and O–H groups in total. The van der Waals surface area contributed by atoms with Gasteiger partial charge in [-0.05, 0) is 23.6 Å². The van der Waals surface area contributed by atoms with Crippen molar-refractivity contribution in [3.8, 4) is 0 Å². The number of rotatable bonds is 3. The Balaban J connectivity index is 2.06. The lowest BCUT2D eigenvalue weighted by Crippen LogP contribution is -2.20. The highest BCUT2D eigenvalue weighted by Gasteiger charge is 2.07. The quantitative estimate of drug-likeness (QED) is 0.682. The molecule has 0 unspecified atom stereocenters. The molecule has 19 heavy (non-hydrogen) atoms. The summed E-state index contributed by atoms with van der Waals surface area (Å²) in [4.78, 5) is 24.7. The Hall–Kier alpha value is -2.34. The number of H-pyrrole nitrogens is 2. The molecule has 0 spiro atoms. The topological polar surface area (TPSA) is 77.8 Å². The molecule has 0 amide bonds. The molecule has 6 heteroatoms. The predicted octanol–water partition coefficient (Wildman–Crippen LogP) is 1.89. The zero-order chi connectivity index (χ0) is 13.2. The van der Waals surface area contributed by atoms with Crippen molar-refractivity contribution in [3.63, 3.8) is 0 Å². The van der Waals surface area contributed by atoms with Crippen LogP contribution in [0.4, 0.5) is 5.69 Å². The molecule has 96 valence electrons. The molecule has 2 aromatic heterocycles. The van der Waals surface area contributed by atoms with Gasteiger partial charge in [0.2, 0.25) is 0 Å². The molecule has 0 saturated carbocycles. The summed E-state index contributed by atoms with van der Waals surface area (Å²) in [6.07, 6.45) is 0. The minimum absolute atomic E-state index is 0.297. The number of hydrogen-bond acceptors (Lipinski definition) is 4. The molecule has 5 nitrogen and oxygen atoms in total. The van der Waals surface area contributed by atoms with E-state index in [1.54, 1.807) is 29.5 Å². The SMILES string of the molecule is O=c1[nH][nH]c(=O)c2c(NCc3cccs3)cccc12. The Morgan fingerprint density at radius 1 is 1.05 bits per heavy atom. The summed E-state index contributed by atoms with van der Waals surface area (Å²) in [7, 11) is 0. The van der Waals surface area contributed by atoms with Gasteiger partial charge in [0.15, 0.2) is 0 Å². The second-order valence-corrected chi connectivity index (χ2v) is 5.10. The molecule has 0 saturated heterocycles. The van der Waals surface area contributed by atoms with Crippen LogP contribution in [-0.4, -0.2) is 10.2 Å². The van der Waals surface area contributed by atoms with E-state index in [0.717, 1.165) is 0 Å². The maximum atomic E-state index is 11.8. The van der Waals surface area contributed by atoms with Crippen LogP contribution in [0.1, 0.15) is 4.88 Å². The summed E-state index contributed by atoms with van der Waals surface area (Å²) < 4.78 is 0. The van der Waals surface area contributed by atoms with Crippen molar-refractivity contribution in [2.75, 3.05) is 5.32 Å². The highest BCUT2D eigenvalue weighted by molar-refractivity contribution is 7.09. The molecular weight excluding hydrogens is 262 g/mol.